The highest BCUT2D eigenvalue weighted by atomic mass is 16.5. The zero-order valence-corrected chi connectivity index (χ0v) is 9.08. The lowest BCUT2D eigenvalue weighted by atomic mass is 10.1. The summed E-state index contributed by atoms with van der Waals surface area (Å²) >= 11 is 0. The van der Waals surface area contributed by atoms with Crippen LogP contribution in [0.5, 0.6) is 5.75 Å². The Morgan fingerprint density at radius 3 is 2.93 bits per heavy atom. The fourth-order valence-corrected chi connectivity index (χ4v) is 2.20. The molecule has 2 rings (SSSR count). The molecular formula is C12H17NO. The van der Waals surface area contributed by atoms with E-state index in [1.807, 2.05) is 6.07 Å². The van der Waals surface area contributed by atoms with Gasteiger partial charge in [0.05, 0.1) is 7.11 Å². The predicted molar refractivity (Wildman–Crippen MR) is 59.2 cm³/mol. The van der Waals surface area contributed by atoms with E-state index in [0.717, 1.165) is 12.2 Å². The van der Waals surface area contributed by atoms with Gasteiger partial charge in [0.25, 0.3) is 0 Å². The second-order valence-electron chi connectivity index (χ2n) is 3.87. The summed E-state index contributed by atoms with van der Waals surface area (Å²) in [5, 5.41) is 0. The molecule has 0 amide bonds. The first-order valence-electron chi connectivity index (χ1n) is 5.16. The molecule has 76 valence electrons. The Morgan fingerprint density at radius 1 is 1.50 bits per heavy atom. The average Bonchev–Trinajstić information content (AvgIpc) is 2.55. The van der Waals surface area contributed by atoms with Crippen molar-refractivity contribution in [2.45, 2.75) is 25.8 Å². The van der Waals surface area contributed by atoms with E-state index in [4.69, 9.17) is 4.74 Å². The minimum atomic E-state index is 0.664. The molecule has 1 atom stereocenters. The van der Waals surface area contributed by atoms with Crippen molar-refractivity contribution in [1.82, 2.24) is 0 Å². The molecule has 1 aromatic carbocycles. The molecule has 1 aliphatic rings. The van der Waals surface area contributed by atoms with Crippen LogP contribution in [-0.2, 0) is 6.42 Å². The molecule has 0 fully saturated rings. The van der Waals surface area contributed by atoms with Crippen molar-refractivity contribution < 1.29 is 4.74 Å². The van der Waals surface area contributed by atoms with Crippen LogP contribution in [0.2, 0.25) is 0 Å². The molecule has 0 bridgehead atoms. The zero-order valence-electron chi connectivity index (χ0n) is 9.08. The van der Waals surface area contributed by atoms with Crippen molar-refractivity contribution in [3.05, 3.63) is 23.8 Å². The first-order valence-corrected chi connectivity index (χ1v) is 5.16. The smallest absolute Gasteiger partial charge is 0.119 e. The summed E-state index contributed by atoms with van der Waals surface area (Å²) in [5.41, 5.74) is 2.77. The highest BCUT2D eigenvalue weighted by Gasteiger charge is 2.24. The van der Waals surface area contributed by atoms with Crippen LogP contribution in [-0.4, -0.2) is 20.2 Å². The number of anilines is 1. The van der Waals surface area contributed by atoms with E-state index in [0.29, 0.717) is 6.04 Å². The molecule has 1 aliphatic heterocycles. The van der Waals surface area contributed by atoms with Crippen molar-refractivity contribution in [3.8, 4) is 5.75 Å². The fraction of sp³-hybridized carbons (Fsp3) is 0.500. The number of methoxy groups -OCH3 is 1. The molecule has 1 heterocycles. The number of rotatable bonds is 2. The van der Waals surface area contributed by atoms with Crippen LogP contribution in [0.15, 0.2) is 18.2 Å². The third-order valence-electron chi connectivity index (χ3n) is 3.14. The summed E-state index contributed by atoms with van der Waals surface area (Å²) in [6, 6.07) is 7.01. The summed E-state index contributed by atoms with van der Waals surface area (Å²) < 4.78 is 5.23. The molecule has 0 aliphatic carbocycles. The van der Waals surface area contributed by atoms with Gasteiger partial charge < -0.3 is 9.64 Å². The van der Waals surface area contributed by atoms with Gasteiger partial charge >= 0.3 is 0 Å². The monoisotopic (exact) mass is 191 g/mol. The van der Waals surface area contributed by atoms with Crippen LogP contribution >= 0.6 is 0 Å². The van der Waals surface area contributed by atoms with Crippen molar-refractivity contribution in [3.63, 3.8) is 0 Å². The summed E-state index contributed by atoms with van der Waals surface area (Å²) in [7, 11) is 3.89. The van der Waals surface area contributed by atoms with Gasteiger partial charge in [-0.25, -0.2) is 0 Å². The van der Waals surface area contributed by atoms with Gasteiger partial charge in [-0.05, 0) is 36.6 Å². The largest absolute Gasteiger partial charge is 0.497 e. The number of fused-ring (bicyclic) bond motifs is 1. The number of hydrogen-bond acceptors (Lipinski definition) is 2. The molecule has 0 aromatic heterocycles. The molecule has 0 spiro atoms. The zero-order chi connectivity index (χ0) is 10.1. The van der Waals surface area contributed by atoms with Crippen LogP contribution in [0.4, 0.5) is 5.69 Å². The maximum atomic E-state index is 5.23. The van der Waals surface area contributed by atoms with E-state index in [1.165, 1.54) is 17.7 Å². The van der Waals surface area contributed by atoms with Gasteiger partial charge in [0.2, 0.25) is 0 Å². The maximum absolute atomic E-state index is 5.23. The van der Waals surface area contributed by atoms with Crippen LogP contribution in [0.3, 0.4) is 0 Å². The Labute approximate surface area is 85.5 Å². The Balaban J connectivity index is 2.34. The highest BCUT2D eigenvalue weighted by molar-refractivity contribution is 5.60. The van der Waals surface area contributed by atoms with E-state index in [1.54, 1.807) is 7.11 Å². The van der Waals surface area contributed by atoms with Gasteiger partial charge in [-0.2, -0.15) is 0 Å². The Morgan fingerprint density at radius 2 is 2.29 bits per heavy atom. The molecule has 1 aromatic rings. The second-order valence-corrected chi connectivity index (χ2v) is 3.87. The number of ether oxygens (including phenoxy) is 1. The van der Waals surface area contributed by atoms with Gasteiger partial charge in [-0.1, -0.05) is 6.92 Å². The van der Waals surface area contributed by atoms with E-state index in [-0.39, 0.29) is 0 Å². The second kappa shape index (κ2) is 3.52. The summed E-state index contributed by atoms with van der Waals surface area (Å²) in [4.78, 5) is 2.37. The normalized spacial score (nSPS) is 19.6. The predicted octanol–water partition coefficient (Wildman–Crippen LogP) is 2.47. The standard InChI is InChI=1S/C12H17NO/c1-4-10-7-9-8-11(14-3)5-6-12(9)13(10)2/h5-6,8,10H,4,7H2,1-3H3. The quantitative estimate of drug-likeness (QED) is 0.712. The topological polar surface area (TPSA) is 12.5 Å². The first-order chi connectivity index (χ1) is 6.76. The van der Waals surface area contributed by atoms with Gasteiger partial charge in [0.15, 0.2) is 0 Å². The average molecular weight is 191 g/mol. The maximum Gasteiger partial charge on any atom is 0.119 e. The number of hydrogen-bond donors (Lipinski definition) is 0. The van der Waals surface area contributed by atoms with Gasteiger partial charge in [0, 0.05) is 18.8 Å². The minimum absolute atomic E-state index is 0.664. The molecule has 2 heteroatoms. The lowest BCUT2D eigenvalue weighted by Crippen LogP contribution is -2.26. The highest BCUT2D eigenvalue weighted by Crippen LogP contribution is 2.34. The third kappa shape index (κ3) is 1.35. The number of benzene rings is 1. The van der Waals surface area contributed by atoms with Crippen LogP contribution in [0.1, 0.15) is 18.9 Å². The molecule has 0 radical (unpaired) electrons. The van der Waals surface area contributed by atoms with Crippen LogP contribution < -0.4 is 9.64 Å². The lowest BCUT2D eigenvalue weighted by Gasteiger charge is -2.20. The Bertz CT molecular complexity index is 335. The van der Waals surface area contributed by atoms with Crippen LogP contribution in [0.25, 0.3) is 0 Å². The van der Waals surface area contributed by atoms with Crippen molar-refractivity contribution >= 4 is 5.69 Å². The van der Waals surface area contributed by atoms with Crippen molar-refractivity contribution in [2.24, 2.45) is 0 Å². The van der Waals surface area contributed by atoms with E-state index < -0.39 is 0 Å². The van der Waals surface area contributed by atoms with E-state index in [2.05, 4.69) is 31.0 Å². The number of nitrogens with zero attached hydrogens (tertiary/aromatic N) is 1. The summed E-state index contributed by atoms with van der Waals surface area (Å²) in [6.07, 6.45) is 2.35. The Hall–Kier alpha value is -1.18. The molecule has 14 heavy (non-hydrogen) atoms. The molecule has 0 N–H and O–H groups in total. The first kappa shape index (κ1) is 9.38. The summed E-state index contributed by atoms with van der Waals surface area (Å²) in [5.74, 6) is 0.967. The molecule has 1 unspecified atom stereocenters. The fourth-order valence-electron chi connectivity index (χ4n) is 2.20. The molecular weight excluding hydrogens is 174 g/mol. The minimum Gasteiger partial charge on any atom is -0.497 e. The van der Waals surface area contributed by atoms with E-state index in [9.17, 15) is 0 Å². The van der Waals surface area contributed by atoms with E-state index >= 15 is 0 Å². The van der Waals surface area contributed by atoms with Gasteiger partial charge in [-0.3, -0.25) is 0 Å². The van der Waals surface area contributed by atoms with Crippen molar-refractivity contribution in [1.29, 1.82) is 0 Å². The molecule has 0 saturated heterocycles. The number of likely N-dealkylation sites (N-methyl/N-ethyl adjacent to an activating group) is 1. The summed E-state index contributed by atoms with van der Waals surface area (Å²) in [6.45, 7) is 2.24. The van der Waals surface area contributed by atoms with Gasteiger partial charge in [-0.15, -0.1) is 0 Å². The Kier molecular flexibility index (Phi) is 2.36. The van der Waals surface area contributed by atoms with Crippen molar-refractivity contribution in [2.75, 3.05) is 19.1 Å². The molecule has 2 nitrogen and oxygen atoms in total. The lowest BCUT2D eigenvalue weighted by molar-refractivity contribution is 0.414. The molecule has 0 saturated carbocycles. The SMILES string of the molecule is CCC1Cc2cc(OC)ccc2N1C. The van der Waals surface area contributed by atoms with Crippen LogP contribution in [0, 0.1) is 0 Å². The third-order valence-corrected chi connectivity index (χ3v) is 3.14. The van der Waals surface area contributed by atoms with Gasteiger partial charge in [0.1, 0.15) is 5.75 Å².